The van der Waals surface area contributed by atoms with Gasteiger partial charge in [0, 0.05) is 16.5 Å². The van der Waals surface area contributed by atoms with Crippen LogP contribution in [0.2, 0.25) is 5.02 Å². The van der Waals surface area contributed by atoms with Gasteiger partial charge in [-0.15, -0.1) is 0 Å². The van der Waals surface area contributed by atoms with Gasteiger partial charge in [0.1, 0.15) is 13.1 Å². The Bertz CT molecular complexity index is 1010. The summed E-state index contributed by atoms with van der Waals surface area (Å²) in [6.45, 7) is 5.77. The zero-order chi connectivity index (χ0) is 17.6. The molecule has 1 aromatic heterocycles. The molecule has 0 aliphatic carbocycles. The maximum absolute atomic E-state index is 12.1. The summed E-state index contributed by atoms with van der Waals surface area (Å²) in [6.07, 6.45) is 0. The van der Waals surface area contributed by atoms with E-state index in [1.54, 1.807) is 6.92 Å². The van der Waals surface area contributed by atoms with Gasteiger partial charge in [0.15, 0.2) is 11.3 Å². The fourth-order valence-electron chi connectivity index (χ4n) is 3.38. The van der Waals surface area contributed by atoms with Crippen LogP contribution in [-0.2, 0) is 13.1 Å². The van der Waals surface area contributed by atoms with Crippen molar-refractivity contribution in [3.8, 4) is 5.75 Å². The lowest BCUT2D eigenvalue weighted by molar-refractivity contribution is -0.945. The second-order valence-electron chi connectivity index (χ2n) is 6.56. The second kappa shape index (κ2) is 6.21. The number of aryl methyl sites for hydroxylation is 1. The van der Waals surface area contributed by atoms with Gasteiger partial charge >= 0.3 is 5.63 Å². The maximum Gasteiger partial charge on any atom is 0.339 e. The number of halogens is 1. The molecule has 5 heteroatoms. The molecule has 3 aromatic rings. The molecule has 25 heavy (non-hydrogen) atoms. The molecule has 1 atom stereocenters. The van der Waals surface area contributed by atoms with Crippen molar-refractivity contribution in [2.75, 3.05) is 6.73 Å². The topological polar surface area (TPSA) is 43.9 Å². The SMILES string of the molecule is Cc1c(C)c2cc(Cl)c3c(c2oc1=O)C[NH+](Cc1ccccc1)CO3. The quantitative estimate of drug-likeness (QED) is 0.718. The minimum absolute atomic E-state index is 0.301. The largest absolute Gasteiger partial charge is 0.443 e. The van der Waals surface area contributed by atoms with E-state index < -0.39 is 0 Å². The zero-order valence-corrected chi connectivity index (χ0v) is 14.9. The summed E-state index contributed by atoms with van der Waals surface area (Å²) in [5, 5.41) is 1.45. The van der Waals surface area contributed by atoms with Crippen molar-refractivity contribution in [1.82, 2.24) is 0 Å². The highest BCUT2D eigenvalue weighted by molar-refractivity contribution is 6.33. The predicted octanol–water partition coefficient (Wildman–Crippen LogP) is 3.00. The second-order valence-corrected chi connectivity index (χ2v) is 6.97. The van der Waals surface area contributed by atoms with Crippen LogP contribution in [0.3, 0.4) is 0 Å². The van der Waals surface area contributed by atoms with Crippen molar-refractivity contribution >= 4 is 22.6 Å². The van der Waals surface area contributed by atoms with E-state index in [0.717, 1.165) is 23.1 Å². The molecule has 4 rings (SSSR count). The summed E-state index contributed by atoms with van der Waals surface area (Å²) in [6, 6.07) is 12.1. The van der Waals surface area contributed by atoms with Crippen LogP contribution in [0.15, 0.2) is 45.6 Å². The third-order valence-electron chi connectivity index (χ3n) is 4.89. The Labute approximate surface area is 150 Å². The normalized spacial score (nSPS) is 16.5. The van der Waals surface area contributed by atoms with Crippen molar-refractivity contribution in [3.63, 3.8) is 0 Å². The van der Waals surface area contributed by atoms with E-state index >= 15 is 0 Å². The van der Waals surface area contributed by atoms with Crippen molar-refractivity contribution < 1.29 is 14.1 Å². The van der Waals surface area contributed by atoms with Gasteiger partial charge in [0.05, 0.1) is 10.6 Å². The summed E-state index contributed by atoms with van der Waals surface area (Å²) in [5.41, 5.74) is 3.94. The summed E-state index contributed by atoms with van der Waals surface area (Å²) in [7, 11) is 0. The first-order chi connectivity index (χ1) is 12.0. The van der Waals surface area contributed by atoms with Crippen LogP contribution in [-0.4, -0.2) is 6.73 Å². The van der Waals surface area contributed by atoms with E-state index in [1.807, 2.05) is 31.2 Å². The summed E-state index contributed by atoms with van der Waals surface area (Å²) in [5.74, 6) is 0.636. The first-order valence-electron chi connectivity index (χ1n) is 8.30. The fraction of sp³-hybridized carbons (Fsp3) is 0.250. The summed E-state index contributed by atoms with van der Waals surface area (Å²) < 4.78 is 11.5. The van der Waals surface area contributed by atoms with Gasteiger partial charge in [0.2, 0.25) is 6.73 Å². The van der Waals surface area contributed by atoms with Crippen molar-refractivity contribution in [1.29, 1.82) is 0 Å². The Morgan fingerprint density at radius 2 is 1.92 bits per heavy atom. The average Bonchev–Trinajstić information content (AvgIpc) is 2.62. The molecule has 0 spiro atoms. The average molecular weight is 357 g/mol. The Morgan fingerprint density at radius 1 is 1.16 bits per heavy atom. The third-order valence-corrected chi connectivity index (χ3v) is 5.17. The molecule has 1 N–H and O–H groups in total. The lowest BCUT2D eigenvalue weighted by Crippen LogP contribution is -3.10. The molecule has 2 heterocycles. The first-order valence-corrected chi connectivity index (χ1v) is 8.68. The molecule has 1 unspecified atom stereocenters. The highest BCUT2D eigenvalue weighted by Crippen LogP contribution is 2.37. The first kappa shape index (κ1) is 16.2. The highest BCUT2D eigenvalue weighted by Gasteiger charge is 2.27. The van der Waals surface area contributed by atoms with Gasteiger partial charge in [0.25, 0.3) is 0 Å². The number of quaternary nitrogens is 1. The molecule has 0 bridgehead atoms. The van der Waals surface area contributed by atoms with Crippen molar-refractivity contribution in [3.05, 3.63) is 74.1 Å². The van der Waals surface area contributed by atoms with Crippen LogP contribution in [0.25, 0.3) is 11.0 Å². The highest BCUT2D eigenvalue weighted by atomic mass is 35.5. The number of hydrogen-bond acceptors (Lipinski definition) is 3. The van der Waals surface area contributed by atoms with Crippen LogP contribution in [0.5, 0.6) is 5.75 Å². The molecule has 0 saturated heterocycles. The number of nitrogens with one attached hydrogen (secondary N) is 1. The molecule has 4 nitrogen and oxygen atoms in total. The van der Waals surface area contributed by atoms with E-state index in [2.05, 4.69) is 12.1 Å². The van der Waals surface area contributed by atoms with Gasteiger partial charge < -0.3 is 9.15 Å². The van der Waals surface area contributed by atoms with E-state index in [9.17, 15) is 4.79 Å². The van der Waals surface area contributed by atoms with Crippen LogP contribution in [0, 0.1) is 13.8 Å². The van der Waals surface area contributed by atoms with Crippen LogP contribution >= 0.6 is 11.6 Å². The Kier molecular flexibility index (Phi) is 4.02. The Balaban J connectivity index is 1.80. The maximum atomic E-state index is 12.1. The van der Waals surface area contributed by atoms with E-state index in [4.69, 9.17) is 20.8 Å². The molecular formula is C20H19ClNO3+. The monoisotopic (exact) mass is 356 g/mol. The number of hydrogen-bond donors (Lipinski definition) is 1. The van der Waals surface area contributed by atoms with Crippen LogP contribution in [0.1, 0.15) is 22.3 Å². The van der Waals surface area contributed by atoms with Crippen LogP contribution < -0.4 is 15.3 Å². The number of ether oxygens (including phenoxy) is 1. The molecule has 1 aliphatic heterocycles. The number of benzene rings is 2. The van der Waals surface area contributed by atoms with Gasteiger partial charge in [-0.3, -0.25) is 4.90 Å². The van der Waals surface area contributed by atoms with Crippen molar-refractivity contribution in [2.45, 2.75) is 26.9 Å². The predicted molar refractivity (Wildman–Crippen MR) is 97.3 cm³/mol. The minimum Gasteiger partial charge on any atom is -0.443 e. The molecule has 0 radical (unpaired) electrons. The number of rotatable bonds is 2. The molecule has 2 aromatic carbocycles. The summed E-state index contributed by atoms with van der Waals surface area (Å²) >= 11 is 6.44. The minimum atomic E-state index is -0.301. The Morgan fingerprint density at radius 3 is 2.68 bits per heavy atom. The lowest BCUT2D eigenvalue weighted by atomic mass is 10.0. The van der Waals surface area contributed by atoms with Gasteiger partial charge in [-0.2, -0.15) is 0 Å². The molecular weight excluding hydrogens is 338 g/mol. The molecule has 0 fully saturated rings. The van der Waals surface area contributed by atoms with Gasteiger partial charge in [-0.05, 0) is 25.5 Å². The van der Waals surface area contributed by atoms with Gasteiger partial charge in [-0.25, -0.2) is 4.79 Å². The molecule has 0 amide bonds. The standard InChI is InChI=1S/C20H18ClNO3/c1-12-13(2)20(23)25-18-15(12)8-17(21)19-16(18)10-22(11-24-19)9-14-6-4-3-5-7-14/h3-8H,9-11H2,1-2H3/p+1. The Hall–Kier alpha value is -2.30. The zero-order valence-electron chi connectivity index (χ0n) is 14.2. The lowest BCUT2D eigenvalue weighted by Gasteiger charge is -2.27. The van der Waals surface area contributed by atoms with E-state index in [1.165, 1.54) is 10.5 Å². The molecule has 1 aliphatic rings. The summed E-state index contributed by atoms with van der Waals surface area (Å²) in [4.78, 5) is 13.4. The fourth-order valence-corrected chi connectivity index (χ4v) is 3.65. The third kappa shape index (κ3) is 2.81. The van der Waals surface area contributed by atoms with E-state index in [-0.39, 0.29) is 5.63 Å². The molecule has 128 valence electrons. The van der Waals surface area contributed by atoms with Crippen molar-refractivity contribution in [2.24, 2.45) is 0 Å². The smallest absolute Gasteiger partial charge is 0.339 e. The van der Waals surface area contributed by atoms with E-state index in [0.29, 0.717) is 35.2 Å². The van der Waals surface area contributed by atoms with Gasteiger partial charge in [-0.1, -0.05) is 41.9 Å². The number of fused-ring (bicyclic) bond motifs is 3. The van der Waals surface area contributed by atoms with Crippen LogP contribution in [0.4, 0.5) is 0 Å². The molecule has 0 saturated carbocycles.